The molecule has 1 aliphatic rings. The molecule has 2 N–H and O–H groups in total. The Morgan fingerprint density at radius 2 is 1.83 bits per heavy atom. The number of halogens is 3. The number of alkyl halides is 3. The van der Waals surface area contributed by atoms with E-state index in [1.54, 1.807) is 13.0 Å². The maximum absolute atomic E-state index is 13.1. The topological polar surface area (TPSA) is 122 Å². The zero-order valence-electron chi connectivity index (χ0n) is 19.4. The number of carbonyl (C=O) groups is 2. The molecule has 4 rings (SSSR count). The summed E-state index contributed by atoms with van der Waals surface area (Å²) < 4.78 is 49.8. The van der Waals surface area contributed by atoms with Crippen LogP contribution in [0.1, 0.15) is 50.8 Å². The van der Waals surface area contributed by atoms with Crippen LogP contribution in [-0.2, 0) is 10.9 Å². The Morgan fingerprint density at radius 3 is 2.56 bits per heavy atom. The van der Waals surface area contributed by atoms with Crippen molar-refractivity contribution in [2.75, 3.05) is 36.5 Å². The number of anilines is 2. The molecule has 0 aliphatic carbocycles. The van der Waals surface area contributed by atoms with Crippen LogP contribution in [0.2, 0.25) is 0 Å². The van der Waals surface area contributed by atoms with Crippen LogP contribution in [0.4, 0.5) is 24.7 Å². The molecule has 1 aromatic carbocycles. The zero-order chi connectivity index (χ0) is 25.9. The summed E-state index contributed by atoms with van der Waals surface area (Å²) in [5.74, 6) is -0.879. The number of nitrogens with one attached hydrogen (secondary N) is 2. The van der Waals surface area contributed by atoms with E-state index in [0.29, 0.717) is 32.1 Å². The summed E-state index contributed by atoms with van der Waals surface area (Å²) >= 11 is 0. The molecule has 1 unspecified atom stereocenters. The molecule has 1 atom stereocenters. The lowest BCUT2D eigenvalue weighted by Crippen LogP contribution is -2.37. The first-order valence-electron chi connectivity index (χ1n) is 11.0. The molecule has 0 saturated carbocycles. The molecule has 0 bridgehead atoms. The van der Waals surface area contributed by atoms with Crippen LogP contribution in [0.3, 0.4) is 0 Å². The Balaban J connectivity index is 1.40. The monoisotopic (exact) mass is 504 g/mol. The number of morpholine rings is 1. The summed E-state index contributed by atoms with van der Waals surface area (Å²) in [6.45, 7) is 5.40. The third kappa shape index (κ3) is 5.79. The van der Waals surface area contributed by atoms with Crippen molar-refractivity contribution in [2.45, 2.75) is 26.1 Å². The predicted octanol–water partition coefficient (Wildman–Crippen LogP) is 3.37. The minimum atomic E-state index is -4.55. The minimum Gasteiger partial charge on any atom is -0.378 e. The van der Waals surface area contributed by atoms with Gasteiger partial charge in [0.25, 0.3) is 11.8 Å². The number of amides is 2. The first-order valence-corrected chi connectivity index (χ1v) is 11.0. The van der Waals surface area contributed by atoms with Crippen LogP contribution < -0.4 is 15.5 Å². The third-order valence-corrected chi connectivity index (χ3v) is 5.56. The predicted molar refractivity (Wildman–Crippen MR) is 122 cm³/mol. The van der Waals surface area contributed by atoms with E-state index in [4.69, 9.17) is 9.26 Å². The van der Waals surface area contributed by atoms with E-state index >= 15 is 0 Å². The number of benzene rings is 1. The second-order valence-corrected chi connectivity index (χ2v) is 8.15. The van der Waals surface area contributed by atoms with Crippen LogP contribution in [0.15, 0.2) is 41.2 Å². The van der Waals surface area contributed by atoms with E-state index in [1.807, 2.05) is 4.90 Å². The third-order valence-electron chi connectivity index (χ3n) is 5.56. The number of hydrogen-bond acceptors (Lipinski definition) is 8. The lowest BCUT2D eigenvalue weighted by atomic mass is 10.1. The van der Waals surface area contributed by atoms with Gasteiger partial charge >= 0.3 is 6.18 Å². The van der Waals surface area contributed by atoms with Gasteiger partial charge in [0.15, 0.2) is 0 Å². The summed E-state index contributed by atoms with van der Waals surface area (Å²) in [6, 6.07) is 5.69. The molecule has 13 heteroatoms. The van der Waals surface area contributed by atoms with E-state index in [2.05, 4.69) is 25.8 Å². The highest BCUT2D eigenvalue weighted by atomic mass is 19.4. The fourth-order valence-corrected chi connectivity index (χ4v) is 3.58. The maximum Gasteiger partial charge on any atom is 0.416 e. The normalized spacial score (nSPS) is 14.9. The van der Waals surface area contributed by atoms with Gasteiger partial charge in [-0.15, -0.1) is 0 Å². The van der Waals surface area contributed by atoms with Gasteiger partial charge in [-0.2, -0.15) is 13.2 Å². The van der Waals surface area contributed by atoms with Crippen LogP contribution in [0, 0.1) is 6.92 Å². The second kappa shape index (κ2) is 10.3. The Labute approximate surface area is 203 Å². The summed E-state index contributed by atoms with van der Waals surface area (Å²) in [6.07, 6.45) is -3.25. The zero-order valence-corrected chi connectivity index (χ0v) is 19.4. The van der Waals surface area contributed by atoms with Crippen molar-refractivity contribution in [1.29, 1.82) is 0 Å². The molecule has 0 spiro atoms. The number of ether oxygens (including phenoxy) is 1. The van der Waals surface area contributed by atoms with Gasteiger partial charge < -0.3 is 24.8 Å². The molecule has 0 radical (unpaired) electrons. The van der Waals surface area contributed by atoms with E-state index in [1.165, 1.54) is 31.5 Å². The second-order valence-electron chi connectivity index (χ2n) is 8.15. The van der Waals surface area contributed by atoms with Gasteiger partial charge in [-0.25, -0.2) is 9.97 Å². The van der Waals surface area contributed by atoms with Crippen molar-refractivity contribution in [3.8, 4) is 0 Å². The fraction of sp³-hybridized carbons (Fsp3) is 0.348. The average molecular weight is 504 g/mol. The quantitative estimate of drug-likeness (QED) is 0.524. The summed E-state index contributed by atoms with van der Waals surface area (Å²) in [7, 11) is 0. The van der Waals surface area contributed by atoms with Crippen molar-refractivity contribution in [3.05, 3.63) is 64.9 Å². The number of hydrogen-bond donors (Lipinski definition) is 2. The van der Waals surface area contributed by atoms with E-state index in [-0.39, 0.29) is 28.4 Å². The van der Waals surface area contributed by atoms with Crippen molar-refractivity contribution in [2.24, 2.45) is 0 Å². The molecule has 10 nitrogen and oxygen atoms in total. The van der Waals surface area contributed by atoms with Gasteiger partial charge in [-0.3, -0.25) is 9.59 Å². The van der Waals surface area contributed by atoms with Crippen LogP contribution in [0.5, 0.6) is 0 Å². The van der Waals surface area contributed by atoms with Gasteiger partial charge in [-0.1, -0.05) is 11.2 Å². The van der Waals surface area contributed by atoms with Crippen molar-refractivity contribution < 1.29 is 32.0 Å². The van der Waals surface area contributed by atoms with Gasteiger partial charge in [0.2, 0.25) is 5.76 Å². The number of rotatable bonds is 6. The standard InChI is InChI=1S/C23H23F3N6O4/c1-13-3-4-15(9-16(13)23(24,25)26)30-22(34)19-10-17(31-36-19)14(2)29-21(33)18-11-20(28-12-27-18)32-5-7-35-8-6-32/h3-4,9-12,14H,5-8H2,1-2H3,(H,29,33)(H,30,34). The Hall–Kier alpha value is -4.00. The summed E-state index contributed by atoms with van der Waals surface area (Å²) in [5.41, 5.74) is -0.461. The van der Waals surface area contributed by atoms with E-state index < -0.39 is 29.6 Å². The van der Waals surface area contributed by atoms with E-state index in [9.17, 15) is 22.8 Å². The molecule has 3 heterocycles. The smallest absolute Gasteiger partial charge is 0.378 e. The molecule has 2 amide bonds. The Kier molecular flexibility index (Phi) is 7.20. The maximum atomic E-state index is 13.1. The molecule has 1 fully saturated rings. The fourth-order valence-electron chi connectivity index (χ4n) is 3.58. The van der Waals surface area contributed by atoms with Crippen molar-refractivity contribution in [1.82, 2.24) is 20.4 Å². The van der Waals surface area contributed by atoms with E-state index in [0.717, 1.165) is 6.07 Å². The average Bonchev–Trinajstić information content (AvgIpc) is 3.36. The molecule has 2 aromatic heterocycles. The number of aryl methyl sites for hydroxylation is 1. The van der Waals surface area contributed by atoms with Crippen LogP contribution in [0.25, 0.3) is 0 Å². The molecule has 36 heavy (non-hydrogen) atoms. The number of carbonyl (C=O) groups excluding carboxylic acids is 2. The Bertz CT molecular complexity index is 1260. The first-order chi connectivity index (χ1) is 17.1. The molecule has 190 valence electrons. The number of nitrogens with zero attached hydrogens (tertiary/aromatic N) is 4. The highest BCUT2D eigenvalue weighted by Crippen LogP contribution is 2.33. The molecule has 1 saturated heterocycles. The van der Waals surface area contributed by atoms with Crippen molar-refractivity contribution >= 4 is 23.3 Å². The van der Waals surface area contributed by atoms with Crippen molar-refractivity contribution in [3.63, 3.8) is 0 Å². The van der Waals surface area contributed by atoms with Crippen LogP contribution in [-0.4, -0.2) is 53.2 Å². The lowest BCUT2D eigenvalue weighted by molar-refractivity contribution is -0.138. The van der Waals surface area contributed by atoms with Gasteiger partial charge in [0.1, 0.15) is 23.5 Å². The summed E-state index contributed by atoms with van der Waals surface area (Å²) in [5, 5.41) is 8.89. The molecular formula is C23H23F3N6O4. The molecular weight excluding hydrogens is 481 g/mol. The van der Waals surface area contributed by atoms with Gasteiger partial charge in [-0.05, 0) is 31.5 Å². The minimum absolute atomic E-state index is 0.0350. The highest BCUT2D eigenvalue weighted by molar-refractivity contribution is 6.02. The Morgan fingerprint density at radius 1 is 1.08 bits per heavy atom. The highest BCUT2D eigenvalue weighted by Gasteiger charge is 2.32. The summed E-state index contributed by atoms with van der Waals surface area (Å²) in [4.78, 5) is 35.4. The van der Waals surface area contributed by atoms with Crippen LogP contribution >= 0.6 is 0 Å². The largest absolute Gasteiger partial charge is 0.416 e. The number of aromatic nitrogens is 3. The first kappa shape index (κ1) is 25.1. The van der Waals surface area contributed by atoms with Gasteiger partial charge in [0, 0.05) is 30.9 Å². The molecule has 3 aromatic rings. The van der Waals surface area contributed by atoms with Gasteiger partial charge in [0.05, 0.1) is 24.8 Å². The molecule has 1 aliphatic heterocycles. The lowest BCUT2D eigenvalue weighted by Gasteiger charge is -2.27. The SMILES string of the molecule is Cc1ccc(NC(=O)c2cc(C(C)NC(=O)c3cc(N4CCOCC4)ncn3)no2)cc1C(F)(F)F.